The number of nitro benzene ring substituents is 1. The predicted octanol–water partition coefficient (Wildman–Crippen LogP) is 3.83. The summed E-state index contributed by atoms with van der Waals surface area (Å²) in [5.74, 6) is -0.392. The van der Waals surface area contributed by atoms with Crippen molar-refractivity contribution in [3.8, 4) is 0 Å². The number of methoxy groups -OCH3 is 1. The third-order valence-corrected chi connectivity index (χ3v) is 3.64. The fourth-order valence-corrected chi connectivity index (χ4v) is 2.32. The molecule has 7 nitrogen and oxygen atoms in total. The van der Waals surface area contributed by atoms with Crippen molar-refractivity contribution in [2.45, 2.75) is 51.4 Å². The number of nitro groups is 1. The fraction of sp³-hybridized carbons (Fsp3) is 0.529. The Morgan fingerprint density at radius 3 is 2.25 bits per heavy atom. The molecule has 0 aliphatic carbocycles. The van der Waals surface area contributed by atoms with Crippen molar-refractivity contribution < 1.29 is 19.2 Å². The lowest BCUT2D eigenvalue weighted by atomic mass is 10.1. The number of nitrogens with zero attached hydrogens (tertiary/aromatic N) is 1. The number of para-hydroxylation sites is 2. The quantitative estimate of drug-likeness (QED) is 0.286. The zero-order chi connectivity index (χ0) is 17.8. The molecule has 1 N–H and O–H groups in total. The minimum absolute atomic E-state index is 0.101. The van der Waals surface area contributed by atoms with Crippen LogP contribution < -0.4 is 5.32 Å². The van der Waals surface area contributed by atoms with Gasteiger partial charge in [-0.3, -0.25) is 19.7 Å². The number of nitrogens with one attached hydrogen (secondary N) is 1. The predicted molar refractivity (Wildman–Crippen MR) is 90.7 cm³/mol. The normalized spacial score (nSPS) is 10.2. The Morgan fingerprint density at radius 2 is 1.62 bits per heavy atom. The van der Waals surface area contributed by atoms with Crippen molar-refractivity contribution in [1.29, 1.82) is 0 Å². The summed E-state index contributed by atoms with van der Waals surface area (Å²) in [6, 6.07) is 6.10. The van der Waals surface area contributed by atoms with Crippen molar-refractivity contribution in [2.24, 2.45) is 0 Å². The van der Waals surface area contributed by atoms with Crippen molar-refractivity contribution in [2.75, 3.05) is 12.4 Å². The number of benzene rings is 1. The molecule has 0 aliphatic rings. The molecule has 1 rings (SSSR count). The Labute approximate surface area is 141 Å². The van der Waals surface area contributed by atoms with Crippen LogP contribution in [0.25, 0.3) is 0 Å². The van der Waals surface area contributed by atoms with E-state index < -0.39 is 4.92 Å². The number of hydrogen-bond acceptors (Lipinski definition) is 5. The Kier molecular flexibility index (Phi) is 9.11. The molecule has 0 aromatic heterocycles. The second-order valence-corrected chi connectivity index (χ2v) is 5.52. The second kappa shape index (κ2) is 11.2. The molecule has 0 aliphatic heterocycles. The first-order valence-corrected chi connectivity index (χ1v) is 8.14. The van der Waals surface area contributed by atoms with Crippen LogP contribution in [0.2, 0.25) is 0 Å². The summed E-state index contributed by atoms with van der Waals surface area (Å²) in [6.07, 6.45) is 6.26. The van der Waals surface area contributed by atoms with Gasteiger partial charge in [0.05, 0.1) is 12.0 Å². The van der Waals surface area contributed by atoms with Gasteiger partial charge in [-0.1, -0.05) is 37.8 Å². The third-order valence-electron chi connectivity index (χ3n) is 3.64. The Bertz CT molecular complexity index is 560. The van der Waals surface area contributed by atoms with E-state index in [1.54, 1.807) is 12.1 Å². The first-order chi connectivity index (χ1) is 11.5. The molecule has 24 heavy (non-hydrogen) atoms. The largest absolute Gasteiger partial charge is 0.469 e. The summed E-state index contributed by atoms with van der Waals surface area (Å²) >= 11 is 0. The van der Waals surface area contributed by atoms with Crippen LogP contribution in [-0.4, -0.2) is 23.9 Å². The molecule has 0 radical (unpaired) electrons. The molecule has 0 saturated carbocycles. The van der Waals surface area contributed by atoms with E-state index in [2.05, 4.69) is 10.1 Å². The van der Waals surface area contributed by atoms with Gasteiger partial charge in [0.15, 0.2) is 0 Å². The topological polar surface area (TPSA) is 98.5 Å². The van der Waals surface area contributed by atoms with E-state index in [0.29, 0.717) is 12.8 Å². The van der Waals surface area contributed by atoms with E-state index in [0.717, 1.165) is 38.5 Å². The molecule has 1 aromatic carbocycles. The molecular weight excluding hydrogens is 312 g/mol. The van der Waals surface area contributed by atoms with E-state index in [1.165, 1.54) is 19.2 Å². The number of esters is 1. The Hall–Kier alpha value is -2.44. The minimum Gasteiger partial charge on any atom is -0.469 e. The van der Waals surface area contributed by atoms with Crippen LogP contribution in [0, 0.1) is 10.1 Å². The molecule has 0 saturated heterocycles. The van der Waals surface area contributed by atoms with Crippen molar-refractivity contribution >= 4 is 23.3 Å². The highest BCUT2D eigenvalue weighted by Crippen LogP contribution is 2.23. The van der Waals surface area contributed by atoms with Gasteiger partial charge in [0.1, 0.15) is 5.69 Å². The van der Waals surface area contributed by atoms with Gasteiger partial charge in [-0.15, -0.1) is 0 Å². The molecule has 0 fully saturated rings. The van der Waals surface area contributed by atoms with E-state index in [9.17, 15) is 19.7 Å². The summed E-state index contributed by atoms with van der Waals surface area (Å²) in [5, 5.41) is 13.5. The number of unbranched alkanes of at least 4 members (excludes halogenated alkanes) is 5. The fourth-order valence-electron chi connectivity index (χ4n) is 2.32. The lowest BCUT2D eigenvalue weighted by molar-refractivity contribution is -0.383. The van der Waals surface area contributed by atoms with Crippen LogP contribution in [0.15, 0.2) is 24.3 Å². The van der Waals surface area contributed by atoms with E-state index in [1.807, 2.05) is 0 Å². The molecule has 1 aromatic rings. The lowest BCUT2D eigenvalue weighted by Crippen LogP contribution is -2.12. The maximum Gasteiger partial charge on any atom is 0.305 e. The van der Waals surface area contributed by atoms with Gasteiger partial charge in [-0.25, -0.2) is 0 Å². The van der Waals surface area contributed by atoms with Gasteiger partial charge >= 0.3 is 5.97 Å². The Balaban J connectivity index is 2.15. The number of carbonyl (C=O) groups excluding carboxylic acids is 2. The summed E-state index contributed by atoms with van der Waals surface area (Å²) in [7, 11) is 1.39. The first-order valence-electron chi connectivity index (χ1n) is 8.14. The highest BCUT2D eigenvalue weighted by atomic mass is 16.6. The number of carbonyl (C=O) groups is 2. The Morgan fingerprint density at radius 1 is 1.04 bits per heavy atom. The molecule has 0 spiro atoms. The zero-order valence-electron chi connectivity index (χ0n) is 14.0. The summed E-state index contributed by atoms with van der Waals surface area (Å²) in [6.45, 7) is 0. The third kappa shape index (κ3) is 7.71. The number of rotatable bonds is 11. The van der Waals surface area contributed by atoms with Gasteiger partial charge in [-0.2, -0.15) is 0 Å². The van der Waals surface area contributed by atoms with E-state index in [-0.39, 0.29) is 23.3 Å². The second-order valence-electron chi connectivity index (χ2n) is 5.52. The average Bonchev–Trinajstić information content (AvgIpc) is 2.57. The molecule has 0 heterocycles. The monoisotopic (exact) mass is 336 g/mol. The highest BCUT2D eigenvalue weighted by Gasteiger charge is 2.14. The lowest BCUT2D eigenvalue weighted by Gasteiger charge is -2.06. The van der Waals surface area contributed by atoms with E-state index >= 15 is 0 Å². The van der Waals surface area contributed by atoms with Gasteiger partial charge < -0.3 is 10.1 Å². The maximum atomic E-state index is 11.8. The molecular formula is C17H24N2O5. The highest BCUT2D eigenvalue weighted by molar-refractivity contribution is 5.92. The average molecular weight is 336 g/mol. The van der Waals surface area contributed by atoms with E-state index in [4.69, 9.17) is 0 Å². The summed E-state index contributed by atoms with van der Waals surface area (Å²) < 4.78 is 4.57. The van der Waals surface area contributed by atoms with Gasteiger partial charge in [0.2, 0.25) is 5.91 Å². The van der Waals surface area contributed by atoms with Gasteiger partial charge in [0.25, 0.3) is 5.69 Å². The molecule has 7 heteroatoms. The van der Waals surface area contributed by atoms with Crippen LogP contribution >= 0.6 is 0 Å². The van der Waals surface area contributed by atoms with Crippen LogP contribution in [0.3, 0.4) is 0 Å². The summed E-state index contributed by atoms with van der Waals surface area (Å²) in [4.78, 5) is 33.1. The number of amides is 1. The zero-order valence-corrected chi connectivity index (χ0v) is 14.0. The number of ether oxygens (including phenoxy) is 1. The van der Waals surface area contributed by atoms with Crippen LogP contribution in [0.4, 0.5) is 11.4 Å². The van der Waals surface area contributed by atoms with Gasteiger partial charge in [0, 0.05) is 18.9 Å². The number of anilines is 1. The molecule has 0 bridgehead atoms. The minimum atomic E-state index is -0.510. The molecule has 0 atom stereocenters. The summed E-state index contributed by atoms with van der Waals surface area (Å²) in [5.41, 5.74) is 0.131. The molecule has 132 valence electrons. The standard InChI is InChI=1S/C17H24N2O5/c1-24-17(21)13-7-5-3-2-4-6-12-16(20)18-14-10-8-9-11-15(14)19(22)23/h8-11H,2-7,12-13H2,1H3,(H,18,20). The molecule has 0 unspecified atom stereocenters. The van der Waals surface area contributed by atoms with Crippen LogP contribution in [0.1, 0.15) is 51.4 Å². The smallest absolute Gasteiger partial charge is 0.305 e. The maximum absolute atomic E-state index is 11.8. The van der Waals surface area contributed by atoms with Crippen molar-refractivity contribution in [3.63, 3.8) is 0 Å². The number of hydrogen-bond donors (Lipinski definition) is 1. The van der Waals surface area contributed by atoms with Gasteiger partial charge in [-0.05, 0) is 18.9 Å². The first kappa shape index (κ1) is 19.6. The van der Waals surface area contributed by atoms with Crippen molar-refractivity contribution in [3.05, 3.63) is 34.4 Å². The molecule has 1 amide bonds. The van der Waals surface area contributed by atoms with Crippen LogP contribution in [0.5, 0.6) is 0 Å². The van der Waals surface area contributed by atoms with Crippen LogP contribution in [-0.2, 0) is 14.3 Å². The SMILES string of the molecule is COC(=O)CCCCCCCCC(=O)Nc1ccccc1[N+](=O)[O-]. The van der Waals surface area contributed by atoms with Crippen molar-refractivity contribution in [1.82, 2.24) is 0 Å².